The standard InChI is InChI=1S/C23H29N3O5S/c1-4-25(5-2)32(29,30)19-10-11-21-20(14-19)26(23(28)16-31-21)15-22(27)24-13-12-18-8-6-17(3)7-9-18/h6-11,14H,4-5,12-13,15-16H2,1-3H3,(H,24,27). The van der Waals surface area contributed by atoms with E-state index in [4.69, 9.17) is 4.74 Å². The maximum Gasteiger partial charge on any atom is 0.265 e. The molecule has 0 bridgehead atoms. The maximum atomic E-state index is 12.9. The maximum absolute atomic E-state index is 12.9. The lowest BCUT2D eigenvalue weighted by Gasteiger charge is -2.29. The van der Waals surface area contributed by atoms with Crippen LogP contribution in [0.1, 0.15) is 25.0 Å². The summed E-state index contributed by atoms with van der Waals surface area (Å²) in [5, 5.41) is 2.83. The van der Waals surface area contributed by atoms with Crippen molar-refractivity contribution in [1.82, 2.24) is 9.62 Å². The zero-order valence-electron chi connectivity index (χ0n) is 18.6. The number of hydrogen-bond donors (Lipinski definition) is 1. The number of carbonyl (C=O) groups is 2. The molecular formula is C23H29N3O5S. The van der Waals surface area contributed by atoms with Crippen LogP contribution >= 0.6 is 0 Å². The van der Waals surface area contributed by atoms with Crippen molar-refractivity contribution in [3.8, 4) is 5.75 Å². The largest absolute Gasteiger partial charge is 0.482 e. The Bertz CT molecular complexity index is 1080. The molecule has 8 nitrogen and oxygen atoms in total. The van der Waals surface area contributed by atoms with Crippen molar-refractivity contribution in [2.75, 3.05) is 37.7 Å². The van der Waals surface area contributed by atoms with Crippen LogP contribution in [0, 0.1) is 6.92 Å². The minimum absolute atomic E-state index is 0.0584. The van der Waals surface area contributed by atoms with Gasteiger partial charge in [-0.1, -0.05) is 43.7 Å². The number of fused-ring (bicyclic) bond motifs is 1. The zero-order chi connectivity index (χ0) is 23.3. The Hall–Kier alpha value is -2.91. The van der Waals surface area contributed by atoms with Gasteiger partial charge in [-0.2, -0.15) is 4.31 Å². The summed E-state index contributed by atoms with van der Waals surface area (Å²) < 4.78 is 32.6. The van der Waals surface area contributed by atoms with Gasteiger partial charge in [0.2, 0.25) is 15.9 Å². The van der Waals surface area contributed by atoms with Crippen molar-refractivity contribution < 1.29 is 22.7 Å². The van der Waals surface area contributed by atoms with E-state index in [2.05, 4.69) is 5.32 Å². The number of anilines is 1. The van der Waals surface area contributed by atoms with Crippen molar-refractivity contribution in [3.05, 3.63) is 53.6 Å². The molecule has 3 rings (SSSR count). The molecule has 0 saturated heterocycles. The van der Waals surface area contributed by atoms with Gasteiger partial charge in [0.05, 0.1) is 10.6 Å². The molecule has 1 N–H and O–H groups in total. The van der Waals surface area contributed by atoms with Crippen LogP contribution < -0.4 is 15.0 Å². The molecular weight excluding hydrogens is 430 g/mol. The average molecular weight is 460 g/mol. The Balaban J connectivity index is 1.73. The number of carbonyl (C=O) groups excluding carboxylic acids is 2. The molecule has 0 radical (unpaired) electrons. The van der Waals surface area contributed by atoms with Gasteiger partial charge in [-0.3, -0.25) is 14.5 Å². The number of amides is 2. The van der Waals surface area contributed by atoms with Gasteiger partial charge < -0.3 is 10.1 Å². The van der Waals surface area contributed by atoms with Crippen LogP contribution in [0.4, 0.5) is 5.69 Å². The van der Waals surface area contributed by atoms with Gasteiger partial charge in [0.1, 0.15) is 12.3 Å². The van der Waals surface area contributed by atoms with Crippen LogP contribution in [0.25, 0.3) is 0 Å². The number of sulfonamides is 1. The molecule has 172 valence electrons. The average Bonchev–Trinajstić information content (AvgIpc) is 2.77. The minimum Gasteiger partial charge on any atom is -0.482 e. The number of nitrogens with zero attached hydrogens (tertiary/aromatic N) is 2. The zero-order valence-corrected chi connectivity index (χ0v) is 19.4. The van der Waals surface area contributed by atoms with E-state index in [9.17, 15) is 18.0 Å². The van der Waals surface area contributed by atoms with Gasteiger partial charge in [-0.25, -0.2) is 8.42 Å². The van der Waals surface area contributed by atoms with Crippen molar-refractivity contribution in [2.24, 2.45) is 0 Å². The fourth-order valence-corrected chi connectivity index (χ4v) is 5.01. The topological polar surface area (TPSA) is 96.0 Å². The van der Waals surface area contributed by atoms with Crippen LogP contribution in [0.3, 0.4) is 0 Å². The number of ether oxygens (including phenoxy) is 1. The third-order valence-electron chi connectivity index (χ3n) is 5.37. The van der Waals surface area contributed by atoms with E-state index in [1.807, 2.05) is 31.2 Å². The quantitative estimate of drug-likeness (QED) is 0.620. The first kappa shape index (κ1) is 23.7. The van der Waals surface area contributed by atoms with Gasteiger partial charge >= 0.3 is 0 Å². The molecule has 1 aliphatic rings. The second-order valence-corrected chi connectivity index (χ2v) is 9.51. The summed E-state index contributed by atoms with van der Waals surface area (Å²) in [6.07, 6.45) is 0.673. The molecule has 1 heterocycles. The van der Waals surface area contributed by atoms with Crippen molar-refractivity contribution in [1.29, 1.82) is 0 Å². The first-order chi connectivity index (χ1) is 15.3. The van der Waals surface area contributed by atoms with E-state index >= 15 is 0 Å². The fraction of sp³-hybridized carbons (Fsp3) is 0.391. The first-order valence-electron chi connectivity index (χ1n) is 10.7. The smallest absolute Gasteiger partial charge is 0.265 e. The predicted octanol–water partition coefficient (Wildman–Crippen LogP) is 2.11. The molecule has 0 spiro atoms. The highest BCUT2D eigenvalue weighted by Crippen LogP contribution is 2.34. The van der Waals surface area contributed by atoms with Gasteiger partial charge in [0, 0.05) is 19.6 Å². The van der Waals surface area contributed by atoms with Crippen LogP contribution in [0.15, 0.2) is 47.4 Å². The number of nitrogens with one attached hydrogen (secondary N) is 1. The monoisotopic (exact) mass is 459 g/mol. The van der Waals surface area contributed by atoms with Gasteiger partial charge in [0.15, 0.2) is 6.61 Å². The summed E-state index contributed by atoms with van der Waals surface area (Å²) in [5.41, 5.74) is 2.56. The number of hydrogen-bond acceptors (Lipinski definition) is 5. The van der Waals surface area contributed by atoms with E-state index in [-0.39, 0.29) is 29.6 Å². The Morgan fingerprint density at radius 1 is 1.12 bits per heavy atom. The lowest BCUT2D eigenvalue weighted by Crippen LogP contribution is -2.45. The molecule has 32 heavy (non-hydrogen) atoms. The normalized spacial score (nSPS) is 13.6. The van der Waals surface area contributed by atoms with E-state index in [1.54, 1.807) is 13.8 Å². The van der Waals surface area contributed by atoms with E-state index < -0.39 is 15.9 Å². The molecule has 0 aromatic heterocycles. The molecule has 1 aliphatic heterocycles. The second-order valence-electron chi connectivity index (χ2n) is 7.57. The van der Waals surface area contributed by atoms with Crippen LogP contribution in [0.2, 0.25) is 0 Å². The van der Waals surface area contributed by atoms with Crippen molar-refractivity contribution in [3.63, 3.8) is 0 Å². The Labute approximate surface area is 189 Å². The molecule has 2 amide bonds. The number of rotatable bonds is 9. The summed E-state index contributed by atoms with van der Waals surface area (Å²) in [7, 11) is -3.71. The Morgan fingerprint density at radius 3 is 2.47 bits per heavy atom. The molecule has 9 heteroatoms. The Morgan fingerprint density at radius 2 is 1.81 bits per heavy atom. The van der Waals surface area contributed by atoms with Gasteiger partial charge in [-0.05, 0) is 37.1 Å². The SMILES string of the molecule is CCN(CC)S(=O)(=O)c1ccc2c(c1)N(CC(=O)NCCc1ccc(C)cc1)C(=O)CO2. The summed E-state index contributed by atoms with van der Waals surface area (Å²) in [6.45, 7) is 6.23. The first-order valence-corrected chi connectivity index (χ1v) is 12.1. The molecule has 2 aromatic rings. The Kier molecular flexibility index (Phi) is 7.52. The molecule has 0 aliphatic carbocycles. The van der Waals surface area contributed by atoms with Crippen LogP contribution in [-0.2, 0) is 26.0 Å². The van der Waals surface area contributed by atoms with Crippen molar-refractivity contribution >= 4 is 27.5 Å². The van der Waals surface area contributed by atoms with Crippen LogP contribution in [-0.4, -0.2) is 57.3 Å². The highest BCUT2D eigenvalue weighted by Gasteiger charge is 2.30. The van der Waals surface area contributed by atoms with Gasteiger partial charge in [0.25, 0.3) is 5.91 Å². The molecule has 2 aromatic carbocycles. The van der Waals surface area contributed by atoms with E-state index in [0.717, 1.165) is 5.56 Å². The predicted molar refractivity (Wildman–Crippen MR) is 122 cm³/mol. The summed E-state index contributed by atoms with van der Waals surface area (Å²) in [6, 6.07) is 12.5. The van der Waals surface area contributed by atoms with Gasteiger partial charge in [-0.15, -0.1) is 0 Å². The van der Waals surface area contributed by atoms with E-state index in [0.29, 0.717) is 31.8 Å². The van der Waals surface area contributed by atoms with Crippen molar-refractivity contribution in [2.45, 2.75) is 32.1 Å². The summed E-state index contributed by atoms with van der Waals surface area (Å²) >= 11 is 0. The fourth-order valence-electron chi connectivity index (χ4n) is 3.53. The highest BCUT2D eigenvalue weighted by molar-refractivity contribution is 7.89. The lowest BCUT2D eigenvalue weighted by atomic mass is 10.1. The molecule has 0 unspecified atom stereocenters. The molecule has 0 atom stereocenters. The van der Waals surface area contributed by atoms with Crippen LogP contribution in [0.5, 0.6) is 5.75 Å². The minimum atomic E-state index is -3.71. The molecule has 0 fully saturated rings. The van der Waals surface area contributed by atoms with E-state index in [1.165, 1.54) is 33.0 Å². The third-order valence-corrected chi connectivity index (χ3v) is 7.42. The molecule has 0 saturated carbocycles. The summed E-state index contributed by atoms with van der Waals surface area (Å²) in [5.74, 6) is -0.352. The number of benzene rings is 2. The summed E-state index contributed by atoms with van der Waals surface area (Å²) in [4.78, 5) is 26.3. The lowest BCUT2D eigenvalue weighted by molar-refractivity contribution is -0.125. The second kappa shape index (κ2) is 10.1. The number of aryl methyl sites for hydroxylation is 1. The third kappa shape index (κ3) is 5.28. The highest BCUT2D eigenvalue weighted by atomic mass is 32.2.